The molecule has 0 aliphatic carbocycles. The van der Waals surface area contributed by atoms with E-state index < -0.39 is 4.92 Å². The van der Waals surface area contributed by atoms with Crippen LogP contribution in [0.4, 0.5) is 5.69 Å². The fraction of sp³-hybridized carbons (Fsp3) is 0.211. The second-order valence-corrected chi connectivity index (χ2v) is 6.20. The number of benzene rings is 2. The molecule has 0 saturated carbocycles. The van der Waals surface area contributed by atoms with E-state index in [2.05, 4.69) is 10.2 Å². The third-order valence-electron chi connectivity index (χ3n) is 4.61. The third-order valence-corrected chi connectivity index (χ3v) is 4.61. The van der Waals surface area contributed by atoms with E-state index in [0.717, 1.165) is 0 Å². The summed E-state index contributed by atoms with van der Waals surface area (Å²) in [4.78, 5) is 23.3. The van der Waals surface area contributed by atoms with Crippen LogP contribution < -0.4 is 15.0 Å². The van der Waals surface area contributed by atoms with Crippen molar-refractivity contribution in [2.24, 2.45) is 0 Å². The molecule has 0 aliphatic heterocycles. The molecule has 0 unspecified atom stereocenters. The summed E-state index contributed by atoms with van der Waals surface area (Å²) < 4.78 is 14.3. The largest absolute Gasteiger partial charge is 0.493 e. The molecule has 0 fully saturated rings. The van der Waals surface area contributed by atoms with E-state index in [0.29, 0.717) is 34.8 Å². The Balaban J connectivity index is 1.81. The quantitative estimate of drug-likeness (QED) is 0.364. The van der Waals surface area contributed by atoms with Crippen LogP contribution in [0, 0.1) is 10.1 Å². The molecular weight excluding hydrogens is 378 g/mol. The number of nitrogens with zero attached hydrogens (tertiary/aromatic N) is 5. The molecule has 0 aliphatic rings. The van der Waals surface area contributed by atoms with Crippen molar-refractivity contribution in [2.75, 3.05) is 7.11 Å². The fourth-order valence-electron chi connectivity index (χ4n) is 3.23. The first-order chi connectivity index (χ1) is 14.0. The number of aryl methyl sites for hydroxylation is 1. The summed E-state index contributed by atoms with van der Waals surface area (Å²) in [7, 11) is 1.45. The van der Waals surface area contributed by atoms with Crippen LogP contribution in [0.2, 0.25) is 0 Å². The van der Waals surface area contributed by atoms with Gasteiger partial charge in [-0.1, -0.05) is 12.1 Å². The summed E-state index contributed by atoms with van der Waals surface area (Å²) in [6.07, 6.45) is 0. The molecule has 148 valence electrons. The number of hydrogen-bond donors (Lipinski definition) is 0. The Hall–Kier alpha value is -3.95. The van der Waals surface area contributed by atoms with Crippen LogP contribution in [0.3, 0.4) is 0 Å². The van der Waals surface area contributed by atoms with E-state index in [1.54, 1.807) is 16.5 Å². The SMILES string of the molecule is CCn1c(=O)c2ccccc2n2c(COc3cc([N+](=O)[O-])ccc3OC)nnc12. The van der Waals surface area contributed by atoms with Gasteiger partial charge in [0.15, 0.2) is 17.3 Å². The van der Waals surface area contributed by atoms with Gasteiger partial charge in [0.2, 0.25) is 5.78 Å². The predicted octanol–water partition coefficient (Wildman–Crippen LogP) is 2.56. The monoisotopic (exact) mass is 395 g/mol. The van der Waals surface area contributed by atoms with E-state index in [4.69, 9.17) is 9.47 Å². The second-order valence-electron chi connectivity index (χ2n) is 6.20. The van der Waals surface area contributed by atoms with Crippen molar-refractivity contribution in [3.63, 3.8) is 0 Å². The van der Waals surface area contributed by atoms with Gasteiger partial charge in [0.25, 0.3) is 11.2 Å². The van der Waals surface area contributed by atoms with Crippen LogP contribution in [-0.2, 0) is 13.2 Å². The molecule has 0 spiro atoms. The van der Waals surface area contributed by atoms with Crippen molar-refractivity contribution < 1.29 is 14.4 Å². The summed E-state index contributed by atoms with van der Waals surface area (Å²) in [6.45, 7) is 2.27. The van der Waals surface area contributed by atoms with Gasteiger partial charge in [-0.05, 0) is 25.1 Å². The van der Waals surface area contributed by atoms with Crippen LogP contribution in [0.5, 0.6) is 11.5 Å². The number of fused-ring (bicyclic) bond motifs is 3. The molecule has 10 nitrogen and oxygen atoms in total. The van der Waals surface area contributed by atoms with E-state index in [9.17, 15) is 14.9 Å². The molecule has 2 aromatic carbocycles. The number of aromatic nitrogens is 4. The lowest BCUT2D eigenvalue weighted by Crippen LogP contribution is -2.22. The second kappa shape index (κ2) is 7.23. The van der Waals surface area contributed by atoms with Gasteiger partial charge < -0.3 is 9.47 Å². The molecule has 0 N–H and O–H groups in total. The Morgan fingerprint density at radius 2 is 1.93 bits per heavy atom. The first-order valence-electron chi connectivity index (χ1n) is 8.86. The van der Waals surface area contributed by atoms with Gasteiger partial charge in [0.05, 0.1) is 29.0 Å². The van der Waals surface area contributed by atoms with Crippen LogP contribution in [0.1, 0.15) is 12.7 Å². The minimum Gasteiger partial charge on any atom is -0.493 e. The molecule has 29 heavy (non-hydrogen) atoms. The van der Waals surface area contributed by atoms with Crippen LogP contribution in [0.15, 0.2) is 47.3 Å². The molecular formula is C19H17N5O5. The summed E-state index contributed by atoms with van der Waals surface area (Å²) in [6, 6.07) is 11.3. The van der Waals surface area contributed by atoms with E-state index in [1.165, 1.54) is 29.9 Å². The van der Waals surface area contributed by atoms with Gasteiger partial charge in [-0.15, -0.1) is 10.2 Å². The average molecular weight is 395 g/mol. The zero-order valence-corrected chi connectivity index (χ0v) is 15.7. The van der Waals surface area contributed by atoms with Crippen molar-refractivity contribution in [3.05, 3.63) is 68.8 Å². The van der Waals surface area contributed by atoms with Gasteiger partial charge in [-0.25, -0.2) is 0 Å². The number of ether oxygens (including phenoxy) is 2. The number of nitro benzene ring substituents is 1. The highest BCUT2D eigenvalue weighted by Gasteiger charge is 2.18. The summed E-state index contributed by atoms with van der Waals surface area (Å²) in [5.74, 6) is 1.43. The van der Waals surface area contributed by atoms with Gasteiger partial charge in [-0.2, -0.15) is 0 Å². The molecule has 2 heterocycles. The number of methoxy groups -OCH3 is 1. The highest BCUT2D eigenvalue weighted by atomic mass is 16.6. The maximum atomic E-state index is 12.7. The van der Waals surface area contributed by atoms with Crippen molar-refractivity contribution in [1.82, 2.24) is 19.2 Å². The maximum absolute atomic E-state index is 12.7. The van der Waals surface area contributed by atoms with Crippen molar-refractivity contribution in [2.45, 2.75) is 20.1 Å². The lowest BCUT2D eigenvalue weighted by Gasteiger charge is -2.11. The van der Waals surface area contributed by atoms with Crippen LogP contribution in [-0.4, -0.2) is 31.2 Å². The molecule has 0 amide bonds. The van der Waals surface area contributed by atoms with Crippen molar-refractivity contribution in [3.8, 4) is 11.5 Å². The van der Waals surface area contributed by atoms with E-state index in [1.807, 2.05) is 19.1 Å². The van der Waals surface area contributed by atoms with Gasteiger partial charge in [-0.3, -0.25) is 23.9 Å². The topological polar surface area (TPSA) is 114 Å². The molecule has 0 radical (unpaired) electrons. The molecule has 4 aromatic rings. The number of rotatable bonds is 6. The molecule has 10 heteroatoms. The van der Waals surface area contributed by atoms with Crippen molar-refractivity contribution in [1.29, 1.82) is 0 Å². The Labute approximate surface area is 164 Å². The van der Waals surface area contributed by atoms with Crippen LogP contribution >= 0.6 is 0 Å². The van der Waals surface area contributed by atoms with Gasteiger partial charge in [0, 0.05) is 12.6 Å². The molecule has 0 saturated heterocycles. The lowest BCUT2D eigenvalue weighted by molar-refractivity contribution is -0.385. The van der Waals surface area contributed by atoms with Gasteiger partial charge >= 0.3 is 0 Å². The Morgan fingerprint density at radius 1 is 1.14 bits per heavy atom. The predicted molar refractivity (Wildman–Crippen MR) is 104 cm³/mol. The smallest absolute Gasteiger partial charge is 0.273 e. The normalized spacial score (nSPS) is 11.1. The first kappa shape index (κ1) is 18.4. The molecule has 0 atom stereocenters. The highest BCUT2D eigenvalue weighted by Crippen LogP contribution is 2.31. The van der Waals surface area contributed by atoms with Gasteiger partial charge in [0.1, 0.15) is 6.61 Å². The standard InChI is InChI=1S/C19H17N5O5/c1-3-22-18(25)13-6-4-5-7-14(13)23-17(20-21-19(22)23)11-29-16-10-12(24(26)27)8-9-15(16)28-2/h4-10H,3,11H2,1-2H3. The van der Waals surface area contributed by atoms with Crippen molar-refractivity contribution >= 4 is 22.4 Å². The Kier molecular flexibility index (Phi) is 4.59. The number of para-hydroxylation sites is 1. The fourth-order valence-corrected chi connectivity index (χ4v) is 3.23. The zero-order valence-electron chi connectivity index (χ0n) is 15.7. The molecule has 4 rings (SSSR count). The van der Waals surface area contributed by atoms with E-state index >= 15 is 0 Å². The number of non-ortho nitro benzene ring substituents is 1. The van der Waals surface area contributed by atoms with E-state index in [-0.39, 0.29) is 23.6 Å². The number of hydrogen-bond acceptors (Lipinski definition) is 7. The first-order valence-corrected chi connectivity index (χ1v) is 8.86. The van der Waals surface area contributed by atoms with Crippen LogP contribution in [0.25, 0.3) is 16.7 Å². The highest BCUT2D eigenvalue weighted by molar-refractivity contribution is 5.80. The summed E-state index contributed by atoms with van der Waals surface area (Å²) in [5.41, 5.74) is 0.403. The Bertz CT molecular complexity index is 1290. The molecule has 0 bridgehead atoms. The molecule has 2 aromatic heterocycles. The number of nitro groups is 1. The summed E-state index contributed by atoms with van der Waals surface area (Å²) in [5, 5.41) is 19.9. The average Bonchev–Trinajstić information content (AvgIpc) is 3.16. The third kappa shape index (κ3) is 3.04. The minimum absolute atomic E-state index is 0.0232. The lowest BCUT2D eigenvalue weighted by atomic mass is 10.2. The maximum Gasteiger partial charge on any atom is 0.273 e. The summed E-state index contributed by atoms with van der Waals surface area (Å²) >= 11 is 0. The minimum atomic E-state index is -0.508. The Morgan fingerprint density at radius 3 is 2.66 bits per heavy atom. The zero-order chi connectivity index (χ0) is 20.5.